The van der Waals surface area contributed by atoms with Crippen LogP contribution in [0.4, 0.5) is 13.2 Å². The highest BCUT2D eigenvalue weighted by molar-refractivity contribution is 5.89. The summed E-state index contributed by atoms with van der Waals surface area (Å²) < 4.78 is 38.4. The summed E-state index contributed by atoms with van der Waals surface area (Å²) in [7, 11) is 0. The Bertz CT molecular complexity index is 654. The van der Waals surface area contributed by atoms with Crippen LogP contribution in [0.15, 0.2) is 24.3 Å². The maximum Gasteiger partial charge on any atom is 0.416 e. The average Bonchev–Trinajstić information content (AvgIpc) is 2.95. The minimum absolute atomic E-state index is 0.000378. The molecule has 1 aromatic carbocycles. The van der Waals surface area contributed by atoms with Crippen LogP contribution in [0, 0.1) is 5.92 Å². The number of nitrogens with zero attached hydrogens (tertiary/aromatic N) is 2. The van der Waals surface area contributed by atoms with E-state index in [-0.39, 0.29) is 37.2 Å². The van der Waals surface area contributed by atoms with Gasteiger partial charge >= 0.3 is 6.18 Å². The number of amides is 2. The second-order valence-electron chi connectivity index (χ2n) is 6.76. The predicted octanol–water partition coefficient (Wildman–Crippen LogP) is 3.07. The van der Waals surface area contributed by atoms with E-state index in [0.717, 1.165) is 44.5 Å². The van der Waals surface area contributed by atoms with Gasteiger partial charge in [-0.05, 0) is 37.0 Å². The van der Waals surface area contributed by atoms with E-state index in [4.69, 9.17) is 0 Å². The van der Waals surface area contributed by atoms with Crippen molar-refractivity contribution < 1.29 is 22.8 Å². The first-order valence-electron chi connectivity index (χ1n) is 8.57. The zero-order valence-electron chi connectivity index (χ0n) is 13.9. The van der Waals surface area contributed by atoms with Crippen molar-refractivity contribution in [3.05, 3.63) is 35.4 Å². The lowest BCUT2D eigenvalue weighted by atomic mass is 10.0. The molecule has 0 unspecified atom stereocenters. The lowest BCUT2D eigenvalue weighted by Gasteiger charge is -2.29. The lowest BCUT2D eigenvalue weighted by Crippen LogP contribution is -2.40. The number of carbonyl (C=O) groups excluding carboxylic acids is 2. The Kier molecular flexibility index (Phi) is 5.01. The first-order valence-corrected chi connectivity index (χ1v) is 8.57. The number of alkyl halides is 3. The third-order valence-corrected chi connectivity index (χ3v) is 4.86. The van der Waals surface area contributed by atoms with Gasteiger partial charge in [-0.2, -0.15) is 13.2 Å². The van der Waals surface area contributed by atoms with Gasteiger partial charge in [-0.25, -0.2) is 0 Å². The molecule has 2 heterocycles. The van der Waals surface area contributed by atoms with E-state index in [2.05, 4.69) is 0 Å². The predicted molar refractivity (Wildman–Crippen MR) is 85.4 cm³/mol. The maximum atomic E-state index is 12.8. The van der Waals surface area contributed by atoms with Crippen molar-refractivity contribution in [2.45, 2.75) is 38.4 Å². The molecule has 7 heteroatoms. The van der Waals surface area contributed by atoms with Crippen molar-refractivity contribution in [1.29, 1.82) is 0 Å². The highest BCUT2D eigenvalue weighted by atomic mass is 19.4. The molecule has 25 heavy (non-hydrogen) atoms. The molecule has 0 spiro atoms. The van der Waals surface area contributed by atoms with Gasteiger partial charge in [0.2, 0.25) is 11.8 Å². The molecular weight excluding hydrogens is 333 g/mol. The van der Waals surface area contributed by atoms with Crippen LogP contribution in [0.3, 0.4) is 0 Å². The minimum Gasteiger partial charge on any atom is -0.342 e. The number of benzene rings is 1. The summed E-state index contributed by atoms with van der Waals surface area (Å²) >= 11 is 0. The van der Waals surface area contributed by atoms with Gasteiger partial charge in [-0.1, -0.05) is 12.1 Å². The molecule has 136 valence electrons. The van der Waals surface area contributed by atoms with E-state index in [1.54, 1.807) is 6.07 Å². The smallest absolute Gasteiger partial charge is 0.342 e. The highest BCUT2D eigenvalue weighted by Crippen LogP contribution is 2.30. The molecule has 1 atom stereocenters. The van der Waals surface area contributed by atoms with E-state index in [0.29, 0.717) is 5.56 Å². The zero-order chi connectivity index (χ0) is 18.0. The number of carbonyl (C=O) groups is 2. The second kappa shape index (κ2) is 7.06. The first kappa shape index (κ1) is 17.8. The van der Waals surface area contributed by atoms with E-state index in [1.807, 2.05) is 4.90 Å². The SMILES string of the molecule is O=C1C[C@H](C(=O)N2CCCCC2)CN1Cc1cccc(C(F)(F)F)c1. The Morgan fingerprint density at radius 1 is 1.16 bits per heavy atom. The first-order chi connectivity index (χ1) is 11.8. The number of rotatable bonds is 3. The van der Waals surface area contributed by atoms with Crippen molar-refractivity contribution >= 4 is 11.8 Å². The largest absolute Gasteiger partial charge is 0.416 e. The molecule has 2 fully saturated rings. The van der Waals surface area contributed by atoms with Crippen molar-refractivity contribution in [3.8, 4) is 0 Å². The molecule has 0 aromatic heterocycles. The van der Waals surface area contributed by atoms with Crippen molar-refractivity contribution in [3.63, 3.8) is 0 Å². The van der Waals surface area contributed by atoms with E-state index < -0.39 is 11.7 Å². The fraction of sp³-hybridized carbons (Fsp3) is 0.556. The second-order valence-corrected chi connectivity index (χ2v) is 6.76. The molecule has 2 aliphatic rings. The standard InChI is InChI=1S/C18H21F3N2O2/c19-18(20,21)15-6-4-5-13(9-15)11-23-12-14(10-16(23)24)17(25)22-7-2-1-3-8-22/h4-6,9,14H,1-3,7-8,10-12H2/t14-/m0/s1. The molecule has 2 aliphatic heterocycles. The lowest BCUT2D eigenvalue weighted by molar-refractivity contribution is -0.137. The molecular formula is C18H21F3N2O2. The fourth-order valence-electron chi connectivity index (χ4n) is 3.53. The zero-order valence-corrected chi connectivity index (χ0v) is 13.9. The van der Waals surface area contributed by atoms with Crippen LogP contribution in [-0.4, -0.2) is 41.2 Å². The van der Waals surface area contributed by atoms with E-state index in [9.17, 15) is 22.8 Å². The third kappa shape index (κ3) is 4.14. The Morgan fingerprint density at radius 3 is 2.56 bits per heavy atom. The maximum absolute atomic E-state index is 12.8. The minimum atomic E-state index is -4.40. The molecule has 2 saturated heterocycles. The van der Waals surface area contributed by atoms with Gasteiger partial charge in [0.15, 0.2) is 0 Å². The summed E-state index contributed by atoms with van der Waals surface area (Å²) in [6.45, 7) is 1.85. The number of halogens is 3. The third-order valence-electron chi connectivity index (χ3n) is 4.86. The van der Waals surface area contributed by atoms with Gasteiger partial charge in [-0.15, -0.1) is 0 Å². The summed E-state index contributed by atoms with van der Waals surface area (Å²) in [5.74, 6) is -0.552. The van der Waals surface area contributed by atoms with Crippen LogP contribution in [0.25, 0.3) is 0 Å². The van der Waals surface area contributed by atoms with Crippen LogP contribution < -0.4 is 0 Å². The van der Waals surface area contributed by atoms with E-state index in [1.165, 1.54) is 11.0 Å². The molecule has 2 amide bonds. The van der Waals surface area contributed by atoms with E-state index >= 15 is 0 Å². The van der Waals surface area contributed by atoms with Crippen molar-refractivity contribution in [2.75, 3.05) is 19.6 Å². The molecule has 0 saturated carbocycles. The summed E-state index contributed by atoms with van der Waals surface area (Å²) in [5, 5.41) is 0. The quantitative estimate of drug-likeness (QED) is 0.837. The number of likely N-dealkylation sites (tertiary alicyclic amines) is 2. The summed E-state index contributed by atoms with van der Waals surface area (Å²) in [6, 6.07) is 4.99. The van der Waals surface area contributed by atoms with Gasteiger partial charge in [0.25, 0.3) is 0 Å². The molecule has 0 radical (unpaired) electrons. The summed E-state index contributed by atoms with van der Waals surface area (Å²) in [5.41, 5.74) is -0.299. The highest BCUT2D eigenvalue weighted by Gasteiger charge is 2.37. The average molecular weight is 354 g/mol. The molecule has 0 bridgehead atoms. The fourth-order valence-corrected chi connectivity index (χ4v) is 3.53. The molecule has 0 N–H and O–H groups in total. The van der Waals surface area contributed by atoms with Crippen LogP contribution in [0.2, 0.25) is 0 Å². The number of piperidine rings is 1. The Labute approximate surface area is 144 Å². The molecule has 3 rings (SSSR count). The normalized spacial score (nSPS) is 21.7. The van der Waals surface area contributed by atoms with Crippen LogP contribution in [0.1, 0.15) is 36.8 Å². The van der Waals surface area contributed by atoms with Crippen LogP contribution in [0.5, 0.6) is 0 Å². The monoisotopic (exact) mass is 354 g/mol. The number of hydrogen-bond acceptors (Lipinski definition) is 2. The van der Waals surface area contributed by atoms with Crippen LogP contribution in [-0.2, 0) is 22.3 Å². The Hall–Kier alpha value is -2.05. The van der Waals surface area contributed by atoms with Gasteiger partial charge < -0.3 is 9.80 Å². The molecule has 1 aromatic rings. The van der Waals surface area contributed by atoms with Gasteiger partial charge in [-0.3, -0.25) is 9.59 Å². The molecule has 4 nitrogen and oxygen atoms in total. The summed E-state index contributed by atoms with van der Waals surface area (Å²) in [4.78, 5) is 28.0. The molecule has 0 aliphatic carbocycles. The van der Waals surface area contributed by atoms with Crippen molar-refractivity contribution in [2.24, 2.45) is 5.92 Å². The topological polar surface area (TPSA) is 40.6 Å². The van der Waals surface area contributed by atoms with Gasteiger partial charge in [0.1, 0.15) is 0 Å². The van der Waals surface area contributed by atoms with Gasteiger partial charge in [0, 0.05) is 32.6 Å². The summed E-state index contributed by atoms with van der Waals surface area (Å²) in [6.07, 6.45) is -1.16. The van der Waals surface area contributed by atoms with Gasteiger partial charge in [0.05, 0.1) is 11.5 Å². The Morgan fingerprint density at radius 2 is 1.88 bits per heavy atom. The van der Waals surface area contributed by atoms with Crippen molar-refractivity contribution in [1.82, 2.24) is 9.80 Å². The Balaban J connectivity index is 1.64. The van der Waals surface area contributed by atoms with Crippen LogP contribution >= 0.6 is 0 Å². The number of hydrogen-bond donors (Lipinski definition) is 0.